The van der Waals surface area contributed by atoms with Crippen LogP contribution in [-0.4, -0.2) is 30.5 Å². The number of carbonyl (C=O) groups is 2. The molecule has 1 atom stereocenters. The average Bonchev–Trinajstić information content (AvgIpc) is 3.29. The summed E-state index contributed by atoms with van der Waals surface area (Å²) >= 11 is 0. The minimum absolute atomic E-state index is 0.108. The first kappa shape index (κ1) is 31.5. The summed E-state index contributed by atoms with van der Waals surface area (Å²) in [6, 6.07) is 41.9. The van der Waals surface area contributed by atoms with Crippen LogP contribution in [0.4, 0.5) is 5.69 Å². The second-order valence-electron chi connectivity index (χ2n) is 10.8. The number of hydrogen-bond acceptors (Lipinski definition) is 7. The van der Waals surface area contributed by atoms with Crippen LogP contribution in [0.15, 0.2) is 146 Å². The van der Waals surface area contributed by atoms with Gasteiger partial charge < -0.3 is 19.5 Å². The molecule has 6 rings (SSSR count). The molecule has 9 nitrogen and oxygen atoms in total. The van der Waals surface area contributed by atoms with E-state index < -0.39 is 22.6 Å². The molecule has 0 spiro atoms. The number of methoxy groups -OCH3 is 1. The van der Waals surface area contributed by atoms with Crippen LogP contribution in [0.25, 0.3) is 22.7 Å². The molecule has 1 aliphatic heterocycles. The zero-order chi connectivity index (χ0) is 33.5. The molecule has 0 saturated carbocycles. The Hall–Kier alpha value is -6.48. The summed E-state index contributed by atoms with van der Waals surface area (Å²) in [7, 11) is 1.28. The molecule has 238 valence electrons. The van der Waals surface area contributed by atoms with Gasteiger partial charge in [0.05, 0.1) is 24.2 Å². The maximum absolute atomic E-state index is 14.0. The molecule has 5 aromatic rings. The molecule has 0 radical (unpaired) electrons. The minimum Gasteiger partial charge on any atom is -0.465 e. The maximum Gasteiger partial charge on any atom is 0.342 e. The van der Waals surface area contributed by atoms with Crippen molar-refractivity contribution in [2.75, 3.05) is 13.7 Å². The molecule has 0 fully saturated rings. The molecule has 0 bridgehead atoms. The quantitative estimate of drug-likeness (QED) is 0.0452. The second-order valence-corrected chi connectivity index (χ2v) is 10.8. The molecule has 1 aliphatic rings. The molecule has 0 aliphatic carbocycles. The van der Waals surface area contributed by atoms with Crippen LogP contribution in [0.5, 0.6) is 0 Å². The van der Waals surface area contributed by atoms with Crippen LogP contribution in [0.1, 0.15) is 27.8 Å². The van der Waals surface area contributed by atoms with E-state index in [1.165, 1.54) is 31.4 Å². The highest BCUT2D eigenvalue weighted by molar-refractivity contribution is 6.26. The van der Waals surface area contributed by atoms with Gasteiger partial charge in [-0.3, -0.25) is 14.9 Å². The number of nitro benzene ring substituents is 1. The smallest absolute Gasteiger partial charge is 0.342 e. The SMILES string of the molecule is COC(=O)/C(=C(\OC1(c2ccc([N+](=O)[O-])cc2)CNC(=O)C(c2ccccc2)=C(c2ccccc2)O1)c1ccccc1)c1ccccc1. The predicted molar refractivity (Wildman–Crippen MR) is 181 cm³/mol. The first-order valence-electron chi connectivity index (χ1n) is 15.1. The van der Waals surface area contributed by atoms with Gasteiger partial charge in [-0.1, -0.05) is 121 Å². The summed E-state index contributed by atoms with van der Waals surface area (Å²) in [4.78, 5) is 38.8. The van der Waals surface area contributed by atoms with E-state index >= 15 is 0 Å². The summed E-state index contributed by atoms with van der Waals surface area (Å²) in [5.41, 5.74) is 2.81. The molecule has 1 heterocycles. The van der Waals surface area contributed by atoms with E-state index in [1.807, 2.05) is 60.7 Å². The lowest BCUT2D eigenvalue weighted by molar-refractivity contribution is -0.384. The molecular formula is C39H30N2O7. The Kier molecular flexibility index (Phi) is 9.11. The Balaban J connectivity index is 1.66. The number of nitrogens with one attached hydrogen (secondary N) is 1. The fraction of sp³-hybridized carbons (Fsp3) is 0.0769. The molecule has 48 heavy (non-hydrogen) atoms. The van der Waals surface area contributed by atoms with Gasteiger partial charge in [0.2, 0.25) is 0 Å². The number of esters is 1. The number of rotatable bonds is 9. The number of ether oxygens (including phenoxy) is 3. The van der Waals surface area contributed by atoms with Gasteiger partial charge >= 0.3 is 5.97 Å². The van der Waals surface area contributed by atoms with Crippen molar-refractivity contribution in [1.29, 1.82) is 0 Å². The third kappa shape index (κ3) is 6.43. The molecule has 5 aromatic carbocycles. The van der Waals surface area contributed by atoms with E-state index in [0.29, 0.717) is 27.8 Å². The average molecular weight is 639 g/mol. The van der Waals surface area contributed by atoms with Crippen molar-refractivity contribution in [1.82, 2.24) is 5.32 Å². The van der Waals surface area contributed by atoms with Gasteiger partial charge in [0, 0.05) is 28.8 Å². The van der Waals surface area contributed by atoms with Crippen LogP contribution in [0.3, 0.4) is 0 Å². The summed E-state index contributed by atoms with van der Waals surface area (Å²) in [5, 5.41) is 14.6. The van der Waals surface area contributed by atoms with Crippen LogP contribution >= 0.6 is 0 Å². The first-order chi connectivity index (χ1) is 23.4. The maximum atomic E-state index is 14.0. The van der Waals surface area contributed by atoms with Gasteiger partial charge in [-0.05, 0) is 23.3 Å². The van der Waals surface area contributed by atoms with Gasteiger partial charge in [-0.2, -0.15) is 0 Å². The summed E-state index contributed by atoms with van der Waals surface area (Å²) in [6.07, 6.45) is 0. The van der Waals surface area contributed by atoms with E-state index in [4.69, 9.17) is 14.2 Å². The summed E-state index contributed by atoms with van der Waals surface area (Å²) < 4.78 is 19.2. The van der Waals surface area contributed by atoms with Crippen molar-refractivity contribution in [2.45, 2.75) is 5.79 Å². The van der Waals surface area contributed by atoms with Crippen LogP contribution in [-0.2, 0) is 29.6 Å². The highest BCUT2D eigenvalue weighted by Gasteiger charge is 2.45. The van der Waals surface area contributed by atoms with Gasteiger partial charge in [-0.25, -0.2) is 4.79 Å². The lowest BCUT2D eigenvalue weighted by atomic mass is 9.99. The largest absolute Gasteiger partial charge is 0.465 e. The van der Waals surface area contributed by atoms with E-state index in [1.54, 1.807) is 60.7 Å². The number of non-ortho nitro benzene ring substituents is 1. The topological polar surface area (TPSA) is 117 Å². The monoisotopic (exact) mass is 638 g/mol. The molecule has 0 aromatic heterocycles. The van der Waals surface area contributed by atoms with E-state index in [2.05, 4.69) is 5.32 Å². The van der Waals surface area contributed by atoms with Gasteiger partial charge in [0.1, 0.15) is 17.1 Å². The second kappa shape index (κ2) is 13.9. The molecule has 1 N–H and O–H groups in total. The Morgan fingerprint density at radius 1 is 0.750 bits per heavy atom. The molecule has 9 heteroatoms. The summed E-state index contributed by atoms with van der Waals surface area (Å²) in [5.74, 6) is -2.63. The minimum atomic E-state index is -1.86. The van der Waals surface area contributed by atoms with Crippen molar-refractivity contribution < 1.29 is 28.7 Å². The fourth-order valence-electron chi connectivity index (χ4n) is 5.47. The van der Waals surface area contributed by atoms with E-state index in [9.17, 15) is 19.7 Å². The zero-order valence-electron chi connectivity index (χ0n) is 25.9. The van der Waals surface area contributed by atoms with E-state index in [0.717, 1.165) is 0 Å². The van der Waals surface area contributed by atoms with Gasteiger partial charge in [0.15, 0.2) is 0 Å². The molecular weight excluding hydrogens is 608 g/mol. The van der Waals surface area contributed by atoms with Crippen molar-refractivity contribution >= 4 is 40.2 Å². The van der Waals surface area contributed by atoms with Crippen molar-refractivity contribution in [3.05, 3.63) is 184 Å². The Bertz CT molecular complexity index is 1990. The number of hydrogen-bond donors (Lipinski definition) is 1. The number of benzene rings is 5. The molecule has 1 amide bonds. The normalized spacial score (nSPS) is 16.5. The molecule has 0 saturated heterocycles. The number of carbonyl (C=O) groups excluding carboxylic acids is 2. The highest BCUT2D eigenvalue weighted by Crippen LogP contribution is 2.44. The third-order valence-electron chi connectivity index (χ3n) is 7.80. The Morgan fingerprint density at radius 3 is 1.81 bits per heavy atom. The standard InChI is InChI=1S/C39H30N2O7/c1-46-38(43)34(28-16-8-3-9-17-28)36(30-20-12-5-13-21-30)48-39(31-22-24-32(25-23-31)41(44)45)26-40-37(42)33(27-14-6-2-7-15-27)35(47-39)29-18-10-4-11-19-29/h2-25H,26H2,1H3,(H,40,42)/b36-34-. The van der Waals surface area contributed by atoms with Gasteiger partial charge in [0.25, 0.3) is 17.4 Å². The number of amides is 1. The van der Waals surface area contributed by atoms with Crippen molar-refractivity contribution in [3.8, 4) is 0 Å². The highest BCUT2D eigenvalue weighted by atomic mass is 16.7. The zero-order valence-corrected chi connectivity index (χ0v) is 25.9. The van der Waals surface area contributed by atoms with E-state index in [-0.39, 0.29) is 34.9 Å². The Labute approximate surface area is 276 Å². The lowest BCUT2D eigenvalue weighted by Gasteiger charge is -2.36. The van der Waals surface area contributed by atoms with Gasteiger partial charge in [-0.15, -0.1) is 0 Å². The van der Waals surface area contributed by atoms with Crippen LogP contribution < -0.4 is 5.32 Å². The number of nitro groups is 1. The fourth-order valence-corrected chi connectivity index (χ4v) is 5.47. The van der Waals surface area contributed by atoms with Crippen molar-refractivity contribution in [2.24, 2.45) is 0 Å². The Morgan fingerprint density at radius 2 is 1.27 bits per heavy atom. The number of nitrogens with zero attached hydrogens (tertiary/aromatic N) is 1. The van der Waals surface area contributed by atoms with Crippen LogP contribution in [0.2, 0.25) is 0 Å². The third-order valence-corrected chi connectivity index (χ3v) is 7.80. The van der Waals surface area contributed by atoms with Crippen molar-refractivity contribution in [3.63, 3.8) is 0 Å². The molecule has 1 unspecified atom stereocenters. The summed E-state index contributed by atoms with van der Waals surface area (Å²) in [6.45, 7) is -0.240. The first-order valence-corrected chi connectivity index (χ1v) is 15.1. The van der Waals surface area contributed by atoms with Crippen LogP contribution in [0, 0.1) is 10.1 Å². The lowest BCUT2D eigenvalue weighted by Crippen LogP contribution is -2.42. The predicted octanol–water partition coefficient (Wildman–Crippen LogP) is 7.22.